The van der Waals surface area contributed by atoms with E-state index < -0.39 is 29.2 Å². The van der Waals surface area contributed by atoms with E-state index in [2.05, 4.69) is 27.5 Å². The smallest absolute Gasteiger partial charge is 0.341 e. The first-order chi connectivity index (χ1) is 28.8. The molecule has 0 bridgehead atoms. The number of pyridine rings is 2. The van der Waals surface area contributed by atoms with Gasteiger partial charge in [-0.3, -0.25) is 9.79 Å². The number of esters is 1. The highest BCUT2D eigenvalue weighted by molar-refractivity contribution is 5.88. The van der Waals surface area contributed by atoms with Gasteiger partial charge in [0, 0.05) is 59.3 Å². The van der Waals surface area contributed by atoms with Crippen molar-refractivity contribution in [2.24, 2.45) is 10.9 Å². The molecule has 14 nitrogen and oxygen atoms in total. The van der Waals surface area contributed by atoms with Crippen LogP contribution >= 0.6 is 0 Å². The Bertz CT molecular complexity index is 2630. The minimum Gasteiger partial charge on any atom is -0.507 e. The second-order valence-corrected chi connectivity index (χ2v) is 17.9. The maximum Gasteiger partial charge on any atom is 0.341 e. The van der Waals surface area contributed by atoms with Gasteiger partial charge in [0.15, 0.2) is 11.0 Å². The van der Waals surface area contributed by atoms with Gasteiger partial charge in [-0.1, -0.05) is 0 Å². The summed E-state index contributed by atoms with van der Waals surface area (Å²) in [5, 5.41) is 15.2. The quantitative estimate of drug-likeness (QED) is 0.134. The maximum absolute atomic E-state index is 14.5. The van der Waals surface area contributed by atoms with E-state index in [9.17, 15) is 14.7 Å². The van der Waals surface area contributed by atoms with E-state index >= 15 is 0 Å². The fraction of sp³-hybridized carbons (Fsp3) is 0.457. The van der Waals surface area contributed by atoms with Crippen LogP contribution in [0.3, 0.4) is 0 Å². The largest absolute Gasteiger partial charge is 0.507 e. The fourth-order valence-corrected chi connectivity index (χ4v) is 10.6. The van der Waals surface area contributed by atoms with Crippen LogP contribution in [0.2, 0.25) is 0 Å². The number of nitrogens with one attached hydrogen (secondary N) is 1. The fourth-order valence-electron chi connectivity index (χ4n) is 10.6. The number of anilines is 2. The number of phenols is 1. The zero-order valence-corrected chi connectivity index (χ0v) is 34.5. The van der Waals surface area contributed by atoms with Crippen LogP contribution in [0.25, 0.3) is 22.2 Å². The Labute approximate surface area is 347 Å². The van der Waals surface area contributed by atoms with Crippen LogP contribution in [0.4, 0.5) is 11.6 Å². The first-order valence-corrected chi connectivity index (χ1v) is 21.1. The zero-order valence-electron chi connectivity index (χ0n) is 34.5. The third-order valence-corrected chi connectivity index (χ3v) is 13.4. The Kier molecular flexibility index (Phi) is 9.10. The average molecular weight is 814 g/mol. The molecule has 0 saturated carbocycles. The summed E-state index contributed by atoms with van der Waals surface area (Å²) in [5.41, 5.74) is 19.6. The lowest BCUT2D eigenvalue weighted by Crippen LogP contribution is -2.52. The maximum atomic E-state index is 14.5. The SMILES string of the molecule is CNC[C@@H]1CC[C@@]2(O[C@@H]2CCc2cc(N)nc3c2CCCc2c-3cc(CN3C=C4N=CC=C4C3)nc2N)C(=O)O[C@@H]2[C@H](C1)c1c(cc3oc(C)cc(=O)c3c1O)OC2(C)C. The third-order valence-electron chi connectivity index (χ3n) is 13.4. The lowest BCUT2D eigenvalue weighted by atomic mass is 9.75. The van der Waals surface area contributed by atoms with Crippen LogP contribution in [-0.2, 0) is 40.1 Å². The number of rotatable bonds is 7. The number of nitrogen functional groups attached to an aromatic ring is 2. The van der Waals surface area contributed by atoms with E-state index in [0.717, 1.165) is 65.1 Å². The molecule has 10 rings (SSSR count). The highest BCUT2D eigenvalue weighted by Crippen LogP contribution is 2.54. The van der Waals surface area contributed by atoms with Crippen molar-refractivity contribution >= 4 is 34.8 Å². The number of aromatic nitrogens is 2. The van der Waals surface area contributed by atoms with Gasteiger partial charge < -0.3 is 45.4 Å². The lowest BCUT2D eigenvalue weighted by Gasteiger charge is -2.45. The molecule has 2 fully saturated rings. The molecule has 60 heavy (non-hydrogen) atoms. The molecule has 312 valence electrons. The number of fused-ring (bicyclic) bond motifs is 8. The molecule has 0 radical (unpaired) electrons. The zero-order chi connectivity index (χ0) is 41.7. The molecule has 5 atom stereocenters. The number of benzene rings is 1. The van der Waals surface area contributed by atoms with Gasteiger partial charge in [0.1, 0.15) is 51.6 Å². The first kappa shape index (κ1) is 38.5. The molecule has 6 N–H and O–H groups in total. The number of carbonyl (C=O) groups is 1. The summed E-state index contributed by atoms with van der Waals surface area (Å²) in [6, 6.07) is 7.12. The van der Waals surface area contributed by atoms with Gasteiger partial charge in [-0.05, 0) is 121 Å². The van der Waals surface area contributed by atoms with Gasteiger partial charge in [-0.2, -0.15) is 0 Å². The van der Waals surface area contributed by atoms with E-state index in [0.29, 0.717) is 73.9 Å². The van der Waals surface area contributed by atoms with Crippen LogP contribution in [0.1, 0.15) is 85.6 Å². The van der Waals surface area contributed by atoms with Crippen molar-refractivity contribution in [3.8, 4) is 22.8 Å². The minimum atomic E-state index is -1.12. The molecular formula is C46H51N7O7. The third kappa shape index (κ3) is 6.42. The van der Waals surface area contributed by atoms with Crippen LogP contribution < -0.4 is 26.9 Å². The number of hydrogen-bond acceptors (Lipinski definition) is 14. The molecule has 0 amide bonds. The standard InChI is InChI=1S/C46H51N7O7/c1-23-14-33(54)39-34(57-23)18-35-38(41(39)55)31-15-24(19-49-4)10-12-46(44(56)58-42(31)45(2,3)59-35)36(60-46)9-8-25-16-37(47)52-40-28(25)6-5-7-29-30(40)17-27(51-43(29)48)21-53-20-26-11-13-50-32(26)22-53/h11,13-14,16-18,22,24,31,36,42,49,55H,5-10,12,15,19-21H2,1-4H3,(H2,47,52)(H2,48,51)/t24-,31-,36-,42-,46+/m1/s1. The summed E-state index contributed by atoms with van der Waals surface area (Å²) in [4.78, 5) is 44.1. The summed E-state index contributed by atoms with van der Waals surface area (Å²) in [5.74, 6) is 0.822. The number of phenolic OH excluding ortho intramolecular Hbond substituents is 1. The molecule has 3 aromatic heterocycles. The van der Waals surface area contributed by atoms with Crippen LogP contribution in [0, 0.1) is 12.8 Å². The molecule has 8 heterocycles. The molecule has 5 aliphatic heterocycles. The average Bonchev–Trinajstić information content (AvgIpc) is 3.58. The van der Waals surface area contributed by atoms with Crippen molar-refractivity contribution in [3.63, 3.8) is 0 Å². The molecule has 14 heteroatoms. The normalized spacial score (nSPS) is 26.0. The molecule has 6 aliphatic rings. The van der Waals surface area contributed by atoms with Crippen molar-refractivity contribution in [3.05, 3.63) is 91.7 Å². The van der Waals surface area contributed by atoms with E-state index in [1.807, 2.05) is 39.3 Å². The van der Waals surface area contributed by atoms with E-state index in [1.54, 1.807) is 13.0 Å². The molecular weight excluding hydrogens is 763 g/mol. The molecule has 2 saturated heterocycles. The van der Waals surface area contributed by atoms with Gasteiger partial charge in [-0.15, -0.1) is 0 Å². The van der Waals surface area contributed by atoms with Crippen molar-refractivity contribution < 1.29 is 28.5 Å². The second-order valence-electron chi connectivity index (χ2n) is 17.9. The van der Waals surface area contributed by atoms with Crippen molar-refractivity contribution in [1.82, 2.24) is 20.2 Å². The number of carbonyl (C=O) groups excluding carboxylic acids is 1. The van der Waals surface area contributed by atoms with Crippen molar-refractivity contribution in [2.45, 2.75) is 108 Å². The molecule has 1 aliphatic carbocycles. The topological polar surface area (TPSA) is 204 Å². The summed E-state index contributed by atoms with van der Waals surface area (Å²) >= 11 is 0. The predicted octanol–water partition coefficient (Wildman–Crippen LogP) is 5.54. The van der Waals surface area contributed by atoms with Gasteiger partial charge in [-0.25, -0.2) is 14.8 Å². The van der Waals surface area contributed by atoms with Crippen LogP contribution in [0.5, 0.6) is 11.5 Å². The summed E-state index contributed by atoms with van der Waals surface area (Å²) in [6.45, 7) is 7.52. The summed E-state index contributed by atoms with van der Waals surface area (Å²) < 4.78 is 25.4. The highest BCUT2D eigenvalue weighted by Gasteiger charge is 2.65. The van der Waals surface area contributed by atoms with Gasteiger partial charge in [0.2, 0.25) is 0 Å². The van der Waals surface area contributed by atoms with Crippen molar-refractivity contribution in [1.29, 1.82) is 0 Å². The summed E-state index contributed by atoms with van der Waals surface area (Å²) in [7, 11) is 1.91. The predicted molar refractivity (Wildman–Crippen MR) is 227 cm³/mol. The molecule has 1 spiro atoms. The first-order valence-electron chi connectivity index (χ1n) is 21.1. The van der Waals surface area contributed by atoms with E-state index in [4.69, 9.17) is 40.1 Å². The van der Waals surface area contributed by atoms with E-state index in [1.165, 1.54) is 11.6 Å². The van der Waals surface area contributed by atoms with Crippen LogP contribution in [-0.4, -0.2) is 75.7 Å². The molecule has 0 unspecified atom stereocenters. The van der Waals surface area contributed by atoms with E-state index in [-0.39, 0.29) is 34.2 Å². The number of aromatic hydroxyl groups is 1. The Morgan fingerprint density at radius 1 is 1.08 bits per heavy atom. The number of aryl methyl sites for hydroxylation is 2. The number of allylic oxidation sites excluding steroid dienone is 1. The number of nitrogens with two attached hydrogens (primary N) is 2. The molecule has 1 aromatic carbocycles. The minimum absolute atomic E-state index is 0.0917. The Morgan fingerprint density at radius 3 is 2.73 bits per heavy atom. The number of ether oxygens (including phenoxy) is 3. The van der Waals surface area contributed by atoms with Gasteiger partial charge >= 0.3 is 5.97 Å². The van der Waals surface area contributed by atoms with Gasteiger partial charge in [0.05, 0.1) is 29.7 Å². The molecule has 4 aromatic rings. The van der Waals surface area contributed by atoms with Gasteiger partial charge in [0.25, 0.3) is 0 Å². The Hall–Kier alpha value is -5.73. The number of nitrogens with zero attached hydrogens (tertiary/aromatic N) is 4. The monoisotopic (exact) mass is 813 g/mol. The highest BCUT2D eigenvalue weighted by atomic mass is 16.7. The number of aliphatic imine (C=N–C) groups is 1. The summed E-state index contributed by atoms with van der Waals surface area (Å²) in [6.07, 6.45) is 10.3. The Balaban J connectivity index is 0.927. The second kappa shape index (κ2) is 14.2. The lowest BCUT2D eigenvalue weighted by molar-refractivity contribution is -0.170. The van der Waals surface area contributed by atoms with Crippen molar-refractivity contribution in [2.75, 3.05) is 31.6 Å². The van der Waals surface area contributed by atoms with Crippen LogP contribution in [0.15, 0.2) is 62.0 Å². The Morgan fingerprint density at radius 2 is 1.92 bits per heavy atom. The number of hydrogen-bond donors (Lipinski definition) is 4. The number of epoxide rings is 1.